The molecule has 43 heavy (non-hydrogen) atoms. The maximum absolute atomic E-state index is 14.4. The second-order valence-electron chi connectivity index (χ2n) is 10.2. The Labute approximate surface area is 258 Å². The largest absolute Gasteiger partial charge is 0.477 e. The smallest absolute Gasteiger partial charge is 0.346 e. The molecule has 6 nitrogen and oxygen atoms in total. The van der Waals surface area contributed by atoms with Crippen molar-refractivity contribution in [3.05, 3.63) is 129 Å². The Balaban J connectivity index is 1.47. The van der Waals surface area contributed by atoms with Gasteiger partial charge in [-0.15, -0.1) is 11.3 Å². The van der Waals surface area contributed by atoms with Crippen molar-refractivity contribution < 1.29 is 22.7 Å². The van der Waals surface area contributed by atoms with Crippen LogP contribution in [0.2, 0.25) is 5.02 Å². The highest BCUT2D eigenvalue weighted by atomic mass is 35.5. The normalized spacial score (nSPS) is 11.6. The van der Waals surface area contributed by atoms with Gasteiger partial charge in [-0.25, -0.2) is 13.2 Å². The fourth-order valence-corrected chi connectivity index (χ4v) is 7.82. The lowest BCUT2D eigenvalue weighted by atomic mass is 10.1. The molecule has 1 N–H and O–H groups in total. The number of aryl methyl sites for hydroxylation is 2. The molecular weight excluding hydrogens is 602 g/mol. The topological polar surface area (TPSA) is 87.8 Å². The molecule has 0 spiro atoms. The van der Waals surface area contributed by atoms with E-state index < -0.39 is 16.0 Å². The maximum atomic E-state index is 14.4. The first-order valence-corrected chi connectivity index (χ1v) is 16.1. The summed E-state index contributed by atoms with van der Waals surface area (Å²) in [6, 6.07) is 29.3. The predicted molar refractivity (Wildman–Crippen MR) is 173 cm³/mol. The average molecular weight is 628 g/mol. The molecule has 0 atom stereocenters. The molecular formula is C34H26ClNO5S2. The first-order valence-electron chi connectivity index (χ1n) is 13.4. The van der Waals surface area contributed by atoms with E-state index in [4.69, 9.17) is 16.0 Å². The number of carboxylic acid groups (broad SMARTS) is 1. The summed E-state index contributed by atoms with van der Waals surface area (Å²) in [4.78, 5) is 12.2. The highest BCUT2D eigenvalue weighted by Crippen LogP contribution is 2.36. The second-order valence-corrected chi connectivity index (χ2v) is 13.4. The molecule has 0 aliphatic heterocycles. The zero-order valence-corrected chi connectivity index (χ0v) is 25.6. The lowest BCUT2D eigenvalue weighted by molar-refractivity contribution is 0.0703. The van der Waals surface area contributed by atoms with Crippen LogP contribution in [0.3, 0.4) is 0 Å². The van der Waals surface area contributed by atoms with Crippen molar-refractivity contribution in [3.63, 3.8) is 0 Å². The van der Waals surface area contributed by atoms with Gasteiger partial charge in [-0.1, -0.05) is 60.1 Å². The minimum absolute atomic E-state index is 0.0242. The number of halogens is 1. The number of hydrogen-bond acceptors (Lipinski definition) is 5. The molecule has 2 heterocycles. The summed E-state index contributed by atoms with van der Waals surface area (Å²) in [5.41, 5.74) is 5.06. The van der Waals surface area contributed by atoms with Crippen molar-refractivity contribution in [3.8, 4) is 22.5 Å². The number of benzene rings is 4. The van der Waals surface area contributed by atoms with E-state index in [0.717, 1.165) is 33.4 Å². The van der Waals surface area contributed by atoms with Gasteiger partial charge in [0.05, 0.1) is 17.1 Å². The third-order valence-corrected chi connectivity index (χ3v) is 10.5. The van der Waals surface area contributed by atoms with Gasteiger partial charge in [0.15, 0.2) is 0 Å². The fourth-order valence-electron chi connectivity index (χ4n) is 5.11. The van der Waals surface area contributed by atoms with Gasteiger partial charge in [0.1, 0.15) is 16.2 Å². The number of furan rings is 1. The molecule has 0 aliphatic carbocycles. The van der Waals surface area contributed by atoms with Crippen molar-refractivity contribution in [1.29, 1.82) is 0 Å². The third kappa shape index (κ3) is 5.57. The Hall–Kier alpha value is -4.37. The van der Waals surface area contributed by atoms with E-state index in [1.807, 2.05) is 54.6 Å². The highest BCUT2D eigenvalue weighted by molar-refractivity contribution is 7.92. The zero-order chi connectivity index (χ0) is 30.3. The van der Waals surface area contributed by atoms with Gasteiger partial charge in [0.2, 0.25) is 0 Å². The Morgan fingerprint density at radius 3 is 2.44 bits per heavy atom. The molecule has 0 radical (unpaired) electrons. The molecule has 0 saturated heterocycles. The van der Waals surface area contributed by atoms with Crippen LogP contribution in [0.1, 0.15) is 26.4 Å². The summed E-state index contributed by atoms with van der Waals surface area (Å²) < 4.78 is 36.3. The molecule has 6 rings (SSSR count). The summed E-state index contributed by atoms with van der Waals surface area (Å²) in [5.74, 6) is -0.350. The molecule has 4 aromatic carbocycles. The third-order valence-electron chi connectivity index (χ3n) is 7.29. The highest BCUT2D eigenvalue weighted by Gasteiger charge is 2.28. The van der Waals surface area contributed by atoms with Crippen LogP contribution >= 0.6 is 22.9 Å². The summed E-state index contributed by atoms with van der Waals surface area (Å²) in [6.45, 7) is 3.52. The van der Waals surface area contributed by atoms with Gasteiger partial charge in [0, 0.05) is 21.5 Å². The Morgan fingerprint density at radius 2 is 1.65 bits per heavy atom. The maximum Gasteiger partial charge on any atom is 0.346 e. The van der Waals surface area contributed by atoms with Crippen molar-refractivity contribution >= 4 is 55.6 Å². The van der Waals surface area contributed by atoms with E-state index >= 15 is 0 Å². The van der Waals surface area contributed by atoms with Gasteiger partial charge in [-0.2, -0.15) is 0 Å². The van der Waals surface area contributed by atoms with Crippen LogP contribution in [0, 0.1) is 13.8 Å². The van der Waals surface area contributed by atoms with Gasteiger partial charge in [-0.05, 0) is 90.0 Å². The number of aromatic carboxylic acids is 1. The number of rotatable bonds is 8. The predicted octanol–water partition coefficient (Wildman–Crippen LogP) is 9.19. The van der Waals surface area contributed by atoms with Crippen LogP contribution in [0.15, 0.2) is 112 Å². The number of sulfonamides is 1. The average Bonchev–Trinajstić information content (AvgIpc) is 3.66. The lowest BCUT2D eigenvalue weighted by Crippen LogP contribution is -2.31. The molecule has 216 valence electrons. The van der Waals surface area contributed by atoms with Crippen molar-refractivity contribution in [2.45, 2.75) is 25.3 Å². The number of anilines is 1. The van der Waals surface area contributed by atoms with E-state index in [9.17, 15) is 18.3 Å². The van der Waals surface area contributed by atoms with E-state index in [1.54, 1.807) is 61.7 Å². The number of para-hydroxylation sites is 1. The van der Waals surface area contributed by atoms with Crippen LogP contribution in [0.4, 0.5) is 5.69 Å². The van der Waals surface area contributed by atoms with Crippen LogP contribution in [-0.2, 0) is 16.6 Å². The zero-order valence-electron chi connectivity index (χ0n) is 23.2. The fraction of sp³-hybridized carbons (Fsp3) is 0.0882. The minimum atomic E-state index is -4.09. The number of fused-ring (bicyclic) bond motifs is 1. The molecule has 9 heteroatoms. The van der Waals surface area contributed by atoms with Gasteiger partial charge in [0.25, 0.3) is 10.0 Å². The first kappa shape index (κ1) is 28.7. The van der Waals surface area contributed by atoms with E-state index in [-0.39, 0.29) is 16.3 Å². The van der Waals surface area contributed by atoms with Gasteiger partial charge < -0.3 is 9.52 Å². The summed E-state index contributed by atoms with van der Waals surface area (Å²) in [5, 5.41) is 12.9. The van der Waals surface area contributed by atoms with Crippen molar-refractivity contribution in [2.24, 2.45) is 0 Å². The Kier molecular flexibility index (Phi) is 7.60. The molecule has 0 fully saturated rings. The van der Waals surface area contributed by atoms with Crippen molar-refractivity contribution in [1.82, 2.24) is 0 Å². The molecule has 0 aliphatic rings. The summed E-state index contributed by atoms with van der Waals surface area (Å²) in [6.07, 6.45) is 0. The standard InChI is InChI=1S/C34H26ClNO5S2/c1-21-16-32(22(2)15-29(21)35)43(39,40)36(27-11-6-9-24(18-27)28-13-14-42-33(28)34(37)38)20-23-7-5-10-25(17-23)31-19-26-8-3-4-12-30(26)41-31/h3-19H,20H2,1-2H3,(H,37,38). The number of hydrogen-bond donors (Lipinski definition) is 1. The summed E-state index contributed by atoms with van der Waals surface area (Å²) in [7, 11) is -4.09. The summed E-state index contributed by atoms with van der Waals surface area (Å²) >= 11 is 7.45. The number of nitrogens with zero attached hydrogens (tertiary/aromatic N) is 1. The monoisotopic (exact) mass is 627 g/mol. The first-order chi connectivity index (χ1) is 20.6. The van der Waals surface area contributed by atoms with E-state index in [0.29, 0.717) is 38.7 Å². The minimum Gasteiger partial charge on any atom is -0.477 e. The molecule has 6 aromatic rings. The molecule has 0 unspecified atom stereocenters. The number of thiophene rings is 1. The van der Waals surface area contributed by atoms with Crippen LogP contribution in [0.5, 0.6) is 0 Å². The quantitative estimate of drug-likeness (QED) is 0.182. The van der Waals surface area contributed by atoms with E-state index in [2.05, 4.69) is 0 Å². The van der Waals surface area contributed by atoms with Crippen LogP contribution < -0.4 is 4.31 Å². The molecule has 0 saturated carbocycles. The SMILES string of the molecule is Cc1cc(S(=O)(=O)N(Cc2cccc(-c3cc4ccccc4o3)c2)c2cccc(-c3ccsc3C(=O)O)c2)c(C)cc1Cl. The van der Waals surface area contributed by atoms with Crippen LogP contribution in [-0.4, -0.2) is 19.5 Å². The Bertz CT molecular complexity index is 2080. The Morgan fingerprint density at radius 1 is 0.884 bits per heavy atom. The van der Waals surface area contributed by atoms with Gasteiger partial charge >= 0.3 is 5.97 Å². The molecule has 0 amide bonds. The van der Waals surface area contributed by atoms with Crippen molar-refractivity contribution in [2.75, 3.05) is 4.31 Å². The molecule has 2 aromatic heterocycles. The number of carboxylic acids is 1. The van der Waals surface area contributed by atoms with Gasteiger partial charge in [-0.3, -0.25) is 4.31 Å². The molecule has 0 bridgehead atoms. The second kappa shape index (κ2) is 11.4. The van der Waals surface area contributed by atoms with E-state index in [1.165, 1.54) is 4.31 Å². The van der Waals surface area contributed by atoms with Crippen LogP contribution in [0.25, 0.3) is 33.4 Å². The lowest BCUT2D eigenvalue weighted by Gasteiger charge is -2.26. The number of carbonyl (C=O) groups is 1.